The molecule has 5 nitrogen and oxygen atoms in total. The topological polar surface area (TPSA) is 51.4 Å². The first-order valence-electron chi connectivity index (χ1n) is 8.89. The number of hydrogen-bond donors (Lipinski definition) is 0. The number of ether oxygens (including phenoxy) is 1. The first-order valence-corrected chi connectivity index (χ1v) is 8.89. The number of aryl methyl sites for hydroxylation is 2. The summed E-state index contributed by atoms with van der Waals surface area (Å²) in [6, 6.07) is 8.85. The molecular formula is C19H25N3O2. The summed E-state index contributed by atoms with van der Waals surface area (Å²) in [4.78, 5) is 7.03. The Kier molecular flexibility index (Phi) is 4.37. The van der Waals surface area contributed by atoms with Gasteiger partial charge < -0.3 is 9.26 Å². The quantitative estimate of drug-likeness (QED) is 0.867. The molecule has 0 unspecified atom stereocenters. The van der Waals surface area contributed by atoms with Gasteiger partial charge in [-0.05, 0) is 32.3 Å². The van der Waals surface area contributed by atoms with Crippen molar-refractivity contribution in [2.75, 3.05) is 19.7 Å². The minimum absolute atomic E-state index is 0.324. The third-order valence-electron chi connectivity index (χ3n) is 5.34. The largest absolute Gasteiger partial charge is 0.378 e. The number of fused-ring (bicyclic) bond motifs is 1. The Hall–Kier alpha value is -1.72. The van der Waals surface area contributed by atoms with Crippen LogP contribution in [-0.4, -0.2) is 40.8 Å². The van der Waals surface area contributed by atoms with Gasteiger partial charge in [-0.2, -0.15) is 4.98 Å². The molecule has 0 aliphatic carbocycles. The highest BCUT2D eigenvalue weighted by molar-refractivity contribution is 5.21. The molecule has 0 radical (unpaired) electrons. The summed E-state index contributed by atoms with van der Waals surface area (Å²) < 4.78 is 11.5. The Balaban J connectivity index is 1.48. The van der Waals surface area contributed by atoms with E-state index in [4.69, 9.17) is 9.26 Å². The summed E-state index contributed by atoms with van der Waals surface area (Å²) >= 11 is 0. The van der Waals surface area contributed by atoms with Crippen molar-refractivity contribution in [1.82, 2.24) is 15.0 Å². The number of benzene rings is 1. The first-order chi connectivity index (χ1) is 11.7. The van der Waals surface area contributed by atoms with Gasteiger partial charge in [0.05, 0.1) is 6.10 Å². The Morgan fingerprint density at radius 3 is 2.75 bits per heavy atom. The molecule has 5 heteroatoms. The maximum atomic E-state index is 6.04. The zero-order chi connectivity index (χ0) is 16.5. The zero-order valence-corrected chi connectivity index (χ0v) is 14.4. The van der Waals surface area contributed by atoms with E-state index in [1.165, 1.54) is 11.1 Å². The smallest absolute Gasteiger partial charge is 0.230 e. The van der Waals surface area contributed by atoms with Gasteiger partial charge in [-0.15, -0.1) is 0 Å². The van der Waals surface area contributed by atoms with Crippen LogP contribution >= 0.6 is 0 Å². The molecule has 0 amide bonds. The van der Waals surface area contributed by atoms with Crippen LogP contribution in [-0.2, 0) is 11.3 Å². The van der Waals surface area contributed by atoms with Crippen molar-refractivity contribution in [2.45, 2.75) is 45.3 Å². The molecule has 2 fully saturated rings. The molecule has 1 aromatic heterocycles. The summed E-state index contributed by atoms with van der Waals surface area (Å²) in [6.07, 6.45) is 2.38. The molecule has 3 heterocycles. The van der Waals surface area contributed by atoms with E-state index in [-0.39, 0.29) is 0 Å². The summed E-state index contributed by atoms with van der Waals surface area (Å²) in [7, 11) is 0. The van der Waals surface area contributed by atoms with Crippen LogP contribution in [0.3, 0.4) is 0 Å². The van der Waals surface area contributed by atoms with Crippen LogP contribution in [0.15, 0.2) is 28.8 Å². The van der Waals surface area contributed by atoms with E-state index >= 15 is 0 Å². The minimum Gasteiger partial charge on any atom is -0.378 e. The molecule has 0 bridgehead atoms. The Morgan fingerprint density at radius 2 is 2.00 bits per heavy atom. The van der Waals surface area contributed by atoms with E-state index in [0.717, 1.165) is 50.8 Å². The fourth-order valence-electron chi connectivity index (χ4n) is 4.05. The normalized spacial score (nSPS) is 27.8. The molecule has 4 rings (SSSR count). The molecule has 128 valence electrons. The second-order valence-electron chi connectivity index (χ2n) is 7.16. The molecule has 0 saturated carbocycles. The zero-order valence-electron chi connectivity index (χ0n) is 14.4. The van der Waals surface area contributed by atoms with E-state index < -0.39 is 0 Å². The summed E-state index contributed by atoms with van der Waals surface area (Å²) in [5, 5.41) is 3.98. The predicted molar refractivity (Wildman–Crippen MR) is 90.7 cm³/mol. The average Bonchev–Trinajstić information content (AvgIpc) is 3.03. The van der Waals surface area contributed by atoms with E-state index in [2.05, 4.69) is 46.2 Å². The van der Waals surface area contributed by atoms with Gasteiger partial charge in [-0.3, -0.25) is 4.90 Å². The van der Waals surface area contributed by atoms with Crippen LogP contribution in [0, 0.1) is 19.8 Å². The van der Waals surface area contributed by atoms with Crippen LogP contribution in [0.4, 0.5) is 0 Å². The van der Waals surface area contributed by atoms with Gasteiger partial charge in [0.1, 0.15) is 0 Å². The maximum Gasteiger partial charge on any atom is 0.230 e. The molecule has 2 aromatic rings. The van der Waals surface area contributed by atoms with Crippen molar-refractivity contribution in [2.24, 2.45) is 5.92 Å². The Bertz CT molecular complexity index is 682. The van der Waals surface area contributed by atoms with E-state index in [0.29, 0.717) is 17.9 Å². The van der Waals surface area contributed by atoms with Crippen LogP contribution in [0.1, 0.15) is 41.6 Å². The lowest BCUT2D eigenvalue weighted by Crippen LogP contribution is -2.48. The number of rotatable bonds is 3. The standard InChI is InChI=1S/C19H25N3O2/c1-13-3-5-15(6-4-13)11-22-9-7-18-17(12-22)16(8-10-23-18)19-20-14(2)21-24-19/h3-6,16-18H,7-12H2,1-2H3/t16-,17-,18-/m0/s1. The molecule has 1 aromatic carbocycles. The lowest BCUT2D eigenvalue weighted by Gasteiger charge is -2.44. The van der Waals surface area contributed by atoms with Crippen LogP contribution in [0.25, 0.3) is 0 Å². The number of hydrogen-bond acceptors (Lipinski definition) is 5. The highest BCUT2D eigenvalue weighted by Gasteiger charge is 2.41. The molecule has 0 N–H and O–H groups in total. The van der Waals surface area contributed by atoms with Crippen molar-refractivity contribution in [3.8, 4) is 0 Å². The summed E-state index contributed by atoms with van der Waals surface area (Å²) in [6.45, 7) is 7.93. The lowest BCUT2D eigenvalue weighted by atomic mass is 9.79. The van der Waals surface area contributed by atoms with Gasteiger partial charge in [0.2, 0.25) is 5.89 Å². The Morgan fingerprint density at radius 1 is 1.17 bits per heavy atom. The van der Waals surface area contributed by atoms with Crippen molar-refractivity contribution in [3.63, 3.8) is 0 Å². The number of likely N-dealkylation sites (tertiary alicyclic amines) is 1. The summed E-state index contributed by atoms with van der Waals surface area (Å²) in [5.41, 5.74) is 2.69. The second-order valence-corrected chi connectivity index (χ2v) is 7.16. The maximum absolute atomic E-state index is 6.04. The molecule has 3 atom stereocenters. The van der Waals surface area contributed by atoms with Gasteiger partial charge in [0.25, 0.3) is 0 Å². The number of aromatic nitrogens is 2. The van der Waals surface area contributed by atoms with Crippen molar-refractivity contribution >= 4 is 0 Å². The van der Waals surface area contributed by atoms with Gasteiger partial charge in [0.15, 0.2) is 5.82 Å². The molecule has 24 heavy (non-hydrogen) atoms. The SMILES string of the molecule is Cc1ccc(CN2CC[C@@H]3OCC[C@H](c4nc(C)no4)[C@@H]3C2)cc1. The average molecular weight is 327 g/mol. The molecular weight excluding hydrogens is 302 g/mol. The van der Waals surface area contributed by atoms with Crippen LogP contribution < -0.4 is 0 Å². The Labute approximate surface area is 143 Å². The first kappa shape index (κ1) is 15.8. The van der Waals surface area contributed by atoms with E-state index in [9.17, 15) is 0 Å². The third-order valence-corrected chi connectivity index (χ3v) is 5.34. The fourth-order valence-corrected chi connectivity index (χ4v) is 4.05. The molecule has 2 aliphatic heterocycles. The molecule has 2 aliphatic rings. The van der Waals surface area contributed by atoms with Gasteiger partial charge in [-0.25, -0.2) is 0 Å². The van der Waals surface area contributed by atoms with E-state index in [1.54, 1.807) is 0 Å². The highest BCUT2D eigenvalue weighted by Crippen LogP contribution is 2.39. The van der Waals surface area contributed by atoms with Crippen molar-refractivity contribution < 1.29 is 9.26 Å². The molecule has 0 spiro atoms. The lowest BCUT2D eigenvalue weighted by molar-refractivity contribution is -0.0825. The monoisotopic (exact) mass is 327 g/mol. The predicted octanol–water partition coefficient (Wildman–Crippen LogP) is 3.08. The van der Waals surface area contributed by atoms with Gasteiger partial charge in [0, 0.05) is 38.1 Å². The third kappa shape index (κ3) is 3.23. The number of piperidine rings is 1. The second kappa shape index (κ2) is 6.65. The van der Waals surface area contributed by atoms with Crippen LogP contribution in [0.5, 0.6) is 0 Å². The van der Waals surface area contributed by atoms with Gasteiger partial charge >= 0.3 is 0 Å². The highest BCUT2D eigenvalue weighted by atomic mass is 16.5. The van der Waals surface area contributed by atoms with Crippen LogP contribution in [0.2, 0.25) is 0 Å². The summed E-state index contributed by atoms with van der Waals surface area (Å²) in [5.74, 6) is 2.28. The fraction of sp³-hybridized carbons (Fsp3) is 0.579. The van der Waals surface area contributed by atoms with E-state index in [1.807, 2.05) is 6.92 Å². The number of nitrogens with zero attached hydrogens (tertiary/aromatic N) is 3. The minimum atomic E-state index is 0.324. The van der Waals surface area contributed by atoms with Crippen molar-refractivity contribution in [3.05, 3.63) is 47.1 Å². The molecule has 2 saturated heterocycles. The van der Waals surface area contributed by atoms with Crippen molar-refractivity contribution in [1.29, 1.82) is 0 Å². The van der Waals surface area contributed by atoms with Gasteiger partial charge in [-0.1, -0.05) is 35.0 Å².